The monoisotopic (exact) mass is 177 g/mol. The minimum absolute atomic E-state index is 0.0438. The van der Waals surface area contributed by atoms with Gasteiger partial charge in [0.05, 0.1) is 6.10 Å². The Kier molecular flexibility index (Phi) is 4.03. The van der Waals surface area contributed by atoms with Gasteiger partial charge in [-0.2, -0.15) is 0 Å². The topological polar surface area (TPSA) is 26.3 Å². The van der Waals surface area contributed by atoms with Crippen molar-refractivity contribution in [2.75, 3.05) is 0 Å². The summed E-state index contributed by atoms with van der Waals surface area (Å²) in [5, 5.41) is 0. The third kappa shape index (κ3) is 3.74. The fourth-order valence-electron chi connectivity index (χ4n) is 1.16. The molecule has 0 aliphatic carbocycles. The standard InChI is InChI=1S/C11H13O2/c1-10(13-9-12)7-8-11-5-3-2-4-6-11/h2-6,10H,7-8H2,1H3. The Balaban J connectivity index is 2.30. The Hall–Kier alpha value is -1.31. The minimum Gasteiger partial charge on any atom is -0.454 e. The highest BCUT2D eigenvalue weighted by Gasteiger charge is 2.01. The van der Waals surface area contributed by atoms with Gasteiger partial charge < -0.3 is 4.74 Å². The molecule has 1 aromatic rings. The van der Waals surface area contributed by atoms with Crippen LogP contribution >= 0.6 is 0 Å². The van der Waals surface area contributed by atoms with E-state index in [1.165, 1.54) is 12.0 Å². The molecule has 0 aromatic heterocycles. The largest absolute Gasteiger partial charge is 0.454 e. The van der Waals surface area contributed by atoms with Gasteiger partial charge in [-0.15, -0.1) is 0 Å². The summed E-state index contributed by atoms with van der Waals surface area (Å²) in [5.41, 5.74) is 1.27. The van der Waals surface area contributed by atoms with Crippen molar-refractivity contribution < 1.29 is 9.53 Å². The van der Waals surface area contributed by atoms with Crippen LogP contribution in [-0.4, -0.2) is 12.6 Å². The maximum atomic E-state index is 9.88. The number of rotatable bonds is 5. The van der Waals surface area contributed by atoms with E-state index in [1.807, 2.05) is 25.1 Å². The van der Waals surface area contributed by atoms with Crippen molar-refractivity contribution in [1.82, 2.24) is 0 Å². The minimum atomic E-state index is -0.0438. The van der Waals surface area contributed by atoms with Crippen LogP contribution in [0, 0.1) is 0 Å². The molecule has 2 nitrogen and oxygen atoms in total. The summed E-state index contributed by atoms with van der Waals surface area (Å²) >= 11 is 0. The molecular formula is C11H13O2. The van der Waals surface area contributed by atoms with E-state index in [4.69, 9.17) is 0 Å². The van der Waals surface area contributed by atoms with Crippen molar-refractivity contribution in [3.8, 4) is 0 Å². The zero-order valence-corrected chi connectivity index (χ0v) is 7.69. The molecule has 13 heavy (non-hydrogen) atoms. The highest BCUT2D eigenvalue weighted by molar-refractivity contribution is 5.38. The molecule has 0 aliphatic heterocycles. The fraction of sp³-hybridized carbons (Fsp3) is 0.364. The van der Waals surface area contributed by atoms with Crippen molar-refractivity contribution in [2.24, 2.45) is 0 Å². The van der Waals surface area contributed by atoms with Crippen LogP contribution in [0.3, 0.4) is 0 Å². The van der Waals surface area contributed by atoms with Crippen LogP contribution < -0.4 is 0 Å². The molecule has 1 rings (SSSR count). The summed E-state index contributed by atoms with van der Waals surface area (Å²) in [4.78, 5) is 9.88. The van der Waals surface area contributed by atoms with E-state index in [1.54, 1.807) is 0 Å². The molecule has 0 aliphatic rings. The summed E-state index contributed by atoms with van der Waals surface area (Å²) in [6.07, 6.45) is 1.74. The average Bonchev–Trinajstić information content (AvgIpc) is 2.17. The van der Waals surface area contributed by atoms with E-state index >= 15 is 0 Å². The molecular weight excluding hydrogens is 164 g/mol. The predicted molar refractivity (Wildman–Crippen MR) is 51.0 cm³/mol. The first-order valence-electron chi connectivity index (χ1n) is 4.39. The van der Waals surface area contributed by atoms with Gasteiger partial charge in [-0.1, -0.05) is 30.3 Å². The smallest absolute Gasteiger partial charge is 0.417 e. The van der Waals surface area contributed by atoms with Gasteiger partial charge in [0.1, 0.15) is 0 Å². The highest BCUT2D eigenvalue weighted by atomic mass is 16.5. The van der Waals surface area contributed by atoms with Gasteiger partial charge in [-0.05, 0) is 25.3 Å². The summed E-state index contributed by atoms with van der Waals surface area (Å²) < 4.78 is 4.66. The number of hydrogen-bond acceptors (Lipinski definition) is 2. The number of aryl methyl sites for hydroxylation is 1. The van der Waals surface area contributed by atoms with Gasteiger partial charge >= 0.3 is 6.47 Å². The van der Waals surface area contributed by atoms with Crippen molar-refractivity contribution in [3.05, 3.63) is 35.9 Å². The molecule has 1 aromatic carbocycles. The Morgan fingerprint density at radius 2 is 2.08 bits per heavy atom. The van der Waals surface area contributed by atoms with Crippen LogP contribution in [0.15, 0.2) is 30.3 Å². The molecule has 1 atom stereocenters. The van der Waals surface area contributed by atoms with Crippen LogP contribution in [0.4, 0.5) is 0 Å². The normalized spacial score (nSPS) is 12.1. The molecule has 0 fully saturated rings. The van der Waals surface area contributed by atoms with Crippen LogP contribution in [-0.2, 0) is 16.0 Å². The lowest BCUT2D eigenvalue weighted by Gasteiger charge is -2.07. The van der Waals surface area contributed by atoms with E-state index in [9.17, 15) is 4.79 Å². The van der Waals surface area contributed by atoms with Crippen LogP contribution in [0.1, 0.15) is 18.9 Å². The van der Waals surface area contributed by atoms with Crippen LogP contribution in [0.2, 0.25) is 0 Å². The van der Waals surface area contributed by atoms with Gasteiger partial charge in [-0.25, -0.2) is 4.79 Å². The molecule has 69 valence electrons. The molecule has 1 unspecified atom stereocenters. The summed E-state index contributed by atoms with van der Waals surface area (Å²) in [7, 11) is 0. The molecule has 0 saturated heterocycles. The van der Waals surface area contributed by atoms with E-state index in [-0.39, 0.29) is 6.10 Å². The lowest BCUT2D eigenvalue weighted by molar-refractivity contribution is 0.185. The van der Waals surface area contributed by atoms with E-state index in [2.05, 4.69) is 16.9 Å². The zero-order chi connectivity index (χ0) is 9.52. The molecule has 1 radical (unpaired) electrons. The summed E-state index contributed by atoms with van der Waals surface area (Å²) in [5.74, 6) is 0. The van der Waals surface area contributed by atoms with Gasteiger partial charge in [-0.3, -0.25) is 0 Å². The van der Waals surface area contributed by atoms with Crippen molar-refractivity contribution >= 4 is 6.47 Å². The lowest BCUT2D eigenvalue weighted by Crippen LogP contribution is -2.07. The van der Waals surface area contributed by atoms with Gasteiger partial charge in [0.15, 0.2) is 0 Å². The van der Waals surface area contributed by atoms with Crippen molar-refractivity contribution in [1.29, 1.82) is 0 Å². The average molecular weight is 177 g/mol. The van der Waals surface area contributed by atoms with Crippen molar-refractivity contribution in [3.63, 3.8) is 0 Å². The second-order valence-corrected chi connectivity index (χ2v) is 3.04. The number of ether oxygens (including phenoxy) is 1. The maximum absolute atomic E-state index is 9.88. The first-order valence-corrected chi connectivity index (χ1v) is 4.39. The third-order valence-electron chi connectivity index (χ3n) is 1.93. The van der Waals surface area contributed by atoms with E-state index in [0.29, 0.717) is 0 Å². The third-order valence-corrected chi connectivity index (χ3v) is 1.93. The highest BCUT2D eigenvalue weighted by Crippen LogP contribution is 2.05. The van der Waals surface area contributed by atoms with Gasteiger partial charge in [0.25, 0.3) is 0 Å². The molecule has 0 spiro atoms. The number of benzene rings is 1. The Bertz CT molecular complexity index is 244. The Labute approximate surface area is 78.5 Å². The number of hydrogen-bond donors (Lipinski definition) is 0. The SMILES string of the molecule is CC(CCc1ccccc1)O[C]=O. The maximum Gasteiger partial charge on any atom is 0.417 e. The molecule has 0 amide bonds. The molecule has 0 heterocycles. The quantitative estimate of drug-likeness (QED) is 0.688. The van der Waals surface area contributed by atoms with E-state index < -0.39 is 0 Å². The van der Waals surface area contributed by atoms with Gasteiger partial charge in [0.2, 0.25) is 0 Å². The molecule has 0 bridgehead atoms. The summed E-state index contributed by atoms with van der Waals surface area (Å²) in [6, 6.07) is 10.1. The van der Waals surface area contributed by atoms with E-state index in [0.717, 1.165) is 12.8 Å². The van der Waals surface area contributed by atoms with Crippen molar-refractivity contribution in [2.45, 2.75) is 25.9 Å². The fourth-order valence-corrected chi connectivity index (χ4v) is 1.16. The Morgan fingerprint density at radius 3 is 2.69 bits per heavy atom. The molecule has 2 heteroatoms. The predicted octanol–water partition coefficient (Wildman–Crippen LogP) is 2.09. The zero-order valence-electron chi connectivity index (χ0n) is 7.69. The summed E-state index contributed by atoms with van der Waals surface area (Å²) in [6.45, 7) is 3.32. The van der Waals surface area contributed by atoms with Gasteiger partial charge in [0, 0.05) is 0 Å². The first-order chi connectivity index (χ1) is 6.33. The molecule has 0 saturated carbocycles. The number of carbonyl (C=O) groups excluding carboxylic acids is 1. The first kappa shape index (κ1) is 9.78. The second kappa shape index (κ2) is 5.36. The lowest BCUT2D eigenvalue weighted by atomic mass is 10.1. The second-order valence-electron chi connectivity index (χ2n) is 3.04. The molecule has 0 N–H and O–H groups in total. The Morgan fingerprint density at radius 1 is 1.38 bits per heavy atom. The van der Waals surface area contributed by atoms with Crippen LogP contribution in [0.25, 0.3) is 0 Å². The van der Waals surface area contributed by atoms with Crippen LogP contribution in [0.5, 0.6) is 0 Å².